The van der Waals surface area contributed by atoms with Crippen molar-refractivity contribution in [2.75, 3.05) is 21.2 Å². The Balaban J connectivity index is 1.69. The number of ether oxygens (including phenoxy) is 1. The molecule has 178 valence electrons. The van der Waals surface area contributed by atoms with Gasteiger partial charge in [0.2, 0.25) is 0 Å². The second-order valence-corrected chi connectivity index (χ2v) is 9.53. The first-order valence-corrected chi connectivity index (χ1v) is 12.0. The number of methoxy groups -OCH3 is 1. The van der Waals surface area contributed by atoms with Gasteiger partial charge in [-0.15, -0.1) is 0 Å². The lowest BCUT2D eigenvalue weighted by Gasteiger charge is -2.31. The number of guanidine groups is 1. The Morgan fingerprint density at radius 1 is 1.21 bits per heavy atom. The molecule has 1 saturated carbocycles. The fraction of sp³-hybridized carbons (Fsp3) is 0.440. The largest absolute Gasteiger partial charge is 0.496 e. The highest BCUT2D eigenvalue weighted by atomic mass is 79.9. The average Bonchev–Trinajstić information content (AvgIpc) is 2.78. The van der Waals surface area contributed by atoms with Crippen molar-refractivity contribution in [3.8, 4) is 5.75 Å². The lowest BCUT2D eigenvalue weighted by atomic mass is 9.91. The third kappa shape index (κ3) is 6.77. The third-order valence-corrected chi connectivity index (χ3v) is 6.70. The van der Waals surface area contributed by atoms with Gasteiger partial charge in [0.25, 0.3) is 5.91 Å². The van der Waals surface area contributed by atoms with Crippen molar-refractivity contribution in [1.82, 2.24) is 10.2 Å². The van der Waals surface area contributed by atoms with Crippen LogP contribution in [-0.2, 0) is 12.8 Å². The van der Waals surface area contributed by atoms with E-state index in [9.17, 15) is 9.18 Å². The number of amides is 1. The fourth-order valence-corrected chi connectivity index (χ4v) is 4.75. The van der Waals surface area contributed by atoms with Crippen molar-refractivity contribution in [2.24, 2.45) is 10.7 Å². The number of nitrogens with two attached hydrogens (primary N) is 1. The molecule has 0 heterocycles. The molecule has 0 aliphatic heterocycles. The lowest BCUT2D eigenvalue weighted by molar-refractivity contribution is 0.0975. The Hall–Kier alpha value is -2.45. The van der Waals surface area contributed by atoms with Gasteiger partial charge in [-0.3, -0.25) is 10.1 Å². The number of nitrogens with one attached hydrogen (secondary N) is 1. The highest BCUT2D eigenvalue weighted by Gasteiger charge is 2.23. The van der Waals surface area contributed by atoms with Crippen LogP contribution in [0.2, 0.25) is 0 Å². The van der Waals surface area contributed by atoms with E-state index in [1.165, 1.54) is 12.1 Å². The number of aryl methyl sites for hydroxylation is 1. The maximum atomic E-state index is 14.7. The summed E-state index contributed by atoms with van der Waals surface area (Å²) < 4.78 is 21.0. The van der Waals surface area contributed by atoms with Crippen LogP contribution in [0.1, 0.15) is 47.2 Å². The number of carbonyl (C=O) groups is 1. The van der Waals surface area contributed by atoms with Gasteiger partial charge in [0, 0.05) is 21.6 Å². The second-order valence-electron chi connectivity index (χ2n) is 8.62. The monoisotopic (exact) mass is 518 g/mol. The molecular weight excluding hydrogens is 487 g/mol. The van der Waals surface area contributed by atoms with Gasteiger partial charge in [-0.05, 0) is 88.5 Å². The van der Waals surface area contributed by atoms with Crippen LogP contribution in [0.5, 0.6) is 5.75 Å². The Morgan fingerprint density at radius 3 is 2.61 bits per heavy atom. The quantitative estimate of drug-likeness (QED) is 0.423. The molecule has 1 amide bonds. The number of carbonyl (C=O) groups excluding carboxylic acids is 1. The minimum Gasteiger partial charge on any atom is -0.496 e. The molecule has 0 radical (unpaired) electrons. The summed E-state index contributed by atoms with van der Waals surface area (Å²) in [5.41, 5.74) is 7.57. The average molecular weight is 519 g/mol. The summed E-state index contributed by atoms with van der Waals surface area (Å²) in [5.74, 6) is -0.0684. The topological polar surface area (TPSA) is 79.9 Å². The predicted octanol–water partition coefficient (Wildman–Crippen LogP) is 4.30. The first kappa shape index (κ1) is 25.2. The fourth-order valence-electron chi connectivity index (χ4n) is 4.34. The molecule has 0 bridgehead atoms. The molecule has 0 spiro atoms. The highest BCUT2D eigenvalue weighted by Crippen LogP contribution is 2.26. The molecule has 1 fully saturated rings. The molecule has 1 aliphatic carbocycles. The Morgan fingerprint density at radius 2 is 1.94 bits per heavy atom. The first-order chi connectivity index (χ1) is 15.8. The van der Waals surface area contributed by atoms with Gasteiger partial charge in [-0.2, -0.15) is 0 Å². The van der Waals surface area contributed by atoms with Gasteiger partial charge in [0.05, 0.1) is 13.2 Å². The molecule has 6 nitrogen and oxygen atoms in total. The van der Waals surface area contributed by atoms with Gasteiger partial charge in [-0.25, -0.2) is 9.38 Å². The summed E-state index contributed by atoms with van der Waals surface area (Å²) in [5, 5.41) is 2.65. The Bertz CT molecular complexity index is 1000. The molecule has 33 heavy (non-hydrogen) atoms. The first-order valence-electron chi connectivity index (χ1n) is 11.2. The van der Waals surface area contributed by atoms with Crippen LogP contribution in [0.25, 0.3) is 0 Å². The number of nitrogens with zero attached hydrogens (tertiary/aromatic N) is 2. The summed E-state index contributed by atoms with van der Waals surface area (Å²) in [6.07, 6.45) is 4.82. The molecular formula is C25H32BrFN4O2. The second kappa shape index (κ2) is 11.6. The van der Waals surface area contributed by atoms with Crippen LogP contribution in [-0.4, -0.2) is 50.1 Å². The minimum atomic E-state index is -0.450. The van der Waals surface area contributed by atoms with E-state index in [0.717, 1.165) is 41.5 Å². The summed E-state index contributed by atoms with van der Waals surface area (Å²) in [7, 11) is 5.78. The third-order valence-electron chi connectivity index (χ3n) is 6.21. The zero-order valence-electron chi connectivity index (χ0n) is 19.4. The molecule has 2 aromatic carbocycles. The number of hydrogen-bond donors (Lipinski definition) is 2. The van der Waals surface area contributed by atoms with E-state index < -0.39 is 11.7 Å². The van der Waals surface area contributed by atoms with Gasteiger partial charge in [-0.1, -0.05) is 22.0 Å². The summed E-state index contributed by atoms with van der Waals surface area (Å²) in [4.78, 5) is 19.7. The SMILES string of the molecule is COc1ccc(Br)cc1CCc1c(F)cccc1C(=O)NC(N)=NC1CCC(N(C)C)CC1. The number of rotatable bonds is 7. The van der Waals surface area contributed by atoms with Crippen molar-refractivity contribution in [3.05, 3.63) is 63.4 Å². The predicted molar refractivity (Wildman–Crippen MR) is 133 cm³/mol. The van der Waals surface area contributed by atoms with Crippen molar-refractivity contribution < 1.29 is 13.9 Å². The molecule has 3 rings (SSSR count). The maximum Gasteiger partial charge on any atom is 0.258 e. The van der Waals surface area contributed by atoms with E-state index >= 15 is 0 Å². The standard InChI is InChI=1S/C25H32BrFN4O2/c1-31(2)19-11-9-18(10-12-19)29-25(28)30-24(32)21-5-4-6-22(27)20(21)13-7-16-15-17(26)8-14-23(16)33-3/h4-6,8,14-15,18-19H,7,9-13H2,1-3H3,(H3,28,29,30,32). The lowest BCUT2D eigenvalue weighted by Crippen LogP contribution is -2.39. The number of benzene rings is 2. The van der Waals surface area contributed by atoms with Crippen LogP contribution >= 0.6 is 15.9 Å². The number of halogens is 2. The van der Waals surface area contributed by atoms with E-state index in [2.05, 4.69) is 45.2 Å². The molecule has 0 unspecified atom stereocenters. The van der Waals surface area contributed by atoms with Gasteiger partial charge >= 0.3 is 0 Å². The Labute approximate surface area is 203 Å². The van der Waals surface area contributed by atoms with E-state index in [1.54, 1.807) is 13.2 Å². The molecule has 0 saturated heterocycles. The number of hydrogen-bond acceptors (Lipinski definition) is 4. The molecule has 1 aliphatic rings. The van der Waals surface area contributed by atoms with Crippen LogP contribution in [0.15, 0.2) is 45.9 Å². The number of aliphatic imine (C=N–C) groups is 1. The van der Waals surface area contributed by atoms with Crippen LogP contribution in [0, 0.1) is 5.82 Å². The van der Waals surface area contributed by atoms with Crippen LogP contribution in [0.3, 0.4) is 0 Å². The van der Waals surface area contributed by atoms with E-state index in [0.29, 0.717) is 24.4 Å². The van der Waals surface area contributed by atoms with Crippen LogP contribution in [0.4, 0.5) is 4.39 Å². The van der Waals surface area contributed by atoms with Gasteiger partial charge in [0.1, 0.15) is 11.6 Å². The summed E-state index contributed by atoms with van der Waals surface area (Å²) >= 11 is 3.46. The minimum absolute atomic E-state index is 0.0807. The molecule has 8 heteroatoms. The molecule has 3 N–H and O–H groups in total. The molecule has 0 aromatic heterocycles. The summed E-state index contributed by atoms with van der Waals surface area (Å²) in [6, 6.07) is 10.9. The van der Waals surface area contributed by atoms with Gasteiger partial charge < -0.3 is 15.4 Å². The van der Waals surface area contributed by atoms with E-state index in [4.69, 9.17) is 10.5 Å². The normalized spacial score (nSPS) is 18.9. The van der Waals surface area contributed by atoms with E-state index in [-0.39, 0.29) is 17.6 Å². The maximum absolute atomic E-state index is 14.7. The summed E-state index contributed by atoms with van der Waals surface area (Å²) in [6.45, 7) is 0. The van der Waals surface area contributed by atoms with Crippen molar-refractivity contribution in [3.63, 3.8) is 0 Å². The van der Waals surface area contributed by atoms with Crippen molar-refractivity contribution in [2.45, 2.75) is 50.6 Å². The Kier molecular flexibility index (Phi) is 8.86. The molecule has 0 atom stereocenters. The zero-order chi connectivity index (χ0) is 24.0. The van der Waals surface area contributed by atoms with Crippen molar-refractivity contribution >= 4 is 27.8 Å². The van der Waals surface area contributed by atoms with E-state index in [1.807, 2.05) is 18.2 Å². The van der Waals surface area contributed by atoms with Gasteiger partial charge in [0.15, 0.2) is 5.96 Å². The van der Waals surface area contributed by atoms with Crippen LogP contribution < -0.4 is 15.8 Å². The molecule has 2 aromatic rings. The zero-order valence-corrected chi connectivity index (χ0v) is 21.0. The van der Waals surface area contributed by atoms with Crippen molar-refractivity contribution in [1.29, 1.82) is 0 Å². The highest BCUT2D eigenvalue weighted by molar-refractivity contribution is 9.10. The smallest absolute Gasteiger partial charge is 0.258 e.